The molecule has 3 aliphatic rings. The minimum absolute atomic E-state index is 0. The number of methoxy groups -OCH3 is 1. The molecule has 0 unspecified atom stereocenters. The van der Waals surface area contributed by atoms with Gasteiger partial charge in [-0.15, -0.1) is 0 Å². The molecule has 4 aromatic carbocycles. The van der Waals surface area contributed by atoms with Gasteiger partial charge in [-0.05, 0) is 87.1 Å². The van der Waals surface area contributed by atoms with Crippen LogP contribution in [0.4, 0.5) is 0 Å². The van der Waals surface area contributed by atoms with E-state index in [4.69, 9.17) is 28.4 Å². The first-order chi connectivity index (χ1) is 32.5. The van der Waals surface area contributed by atoms with Crippen molar-refractivity contribution in [1.29, 1.82) is 0 Å². The Balaban J connectivity index is 0.000000301. The number of hydrogen-bond acceptors (Lipinski definition) is 13. The standard InChI is InChI=1S/C30H34O7.C25H26O6.2CH4/c1-19-14-16-24(31)28-26(36-30(3,4)37-28)13-9-12-23-22(21-10-7-6-8-11-21)15-17-25(34-18-33-5)27(23)29(32)35-20(19)2;1-15-11-13-22(28)24(29)21(27)10-6-9-19-18(17-7-4-3-5-8-17)12-14-20(26)23(19)25(30)31-16(15)2;;/h6-12,14-17,19-20,26,28H,13,18H2,1-5H3;3-9,11-16,21,24,26-27,29H,10H2,1-2H3;2*1H4/b12-9?,16-14-;9-6+,13-11-;;/t19-,20+,26+,28-;15-,16+,21+,24+;;/m11../s1. The molecule has 0 bridgehead atoms. The minimum atomic E-state index is -1.56. The van der Waals surface area contributed by atoms with Crippen LogP contribution in [-0.4, -0.2) is 95.1 Å². The van der Waals surface area contributed by atoms with Crippen molar-refractivity contribution < 1.29 is 62.9 Å². The Morgan fingerprint density at radius 1 is 0.629 bits per heavy atom. The first-order valence-electron chi connectivity index (χ1n) is 22.7. The number of aliphatic hydroxyl groups excluding tert-OH is 2. The molecule has 4 aromatic rings. The summed E-state index contributed by atoms with van der Waals surface area (Å²) in [5.74, 6) is -3.29. The van der Waals surface area contributed by atoms with Crippen molar-refractivity contribution in [1.82, 2.24) is 0 Å². The summed E-state index contributed by atoms with van der Waals surface area (Å²) >= 11 is 0. The molecule has 0 saturated carbocycles. The molecule has 1 saturated heterocycles. The second-order valence-corrected chi connectivity index (χ2v) is 17.4. The molecule has 13 nitrogen and oxygen atoms in total. The molecule has 3 aliphatic heterocycles. The Morgan fingerprint density at radius 3 is 1.69 bits per heavy atom. The van der Waals surface area contributed by atoms with Gasteiger partial charge in [-0.1, -0.05) is 138 Å². The van der Waals surface area contributed by atoms with Crippen LogP contribution in [0.25, 0.3) is 34.4 Å². The predicted molar refractivity (Wildman–Crippen MR) is 271 cm³/mol. The normalized spacial score (nSPS) is 26.0. The fraction of sp³-hybridized carbons (Fsp3) is 0.368. The molecular formula is C57H68O13. The molecule has 3 heterocycles. The number of aromatic hydroxyl groups is 1. The zero-order valence-electron chi connectivity index (χ0n) is 39.4. The van der Waals surface area contributed by atoms with Crippen LogP contribution in [0.3, 0.4) is 0 Å². The van der Waals surface area contributed by atoms with Gasteiger partial charge in [0, 0.05) is 30.1 Å². The summed E-state index contributed by atoms with van der Waals surface area (Å²) in [5, 5.41) is 30.8. The second kappa shape index (κ2) is 25.4. The molecular weight excluding hydrogens is 893 g/mol. The number of fused-ring (bicyclic) bond motifs is 3. The van der Waals surface area contributed by atoms with Crippen molar-refractivity contribution >= 4 is 35.7 Å². The molecule has 7 rings (SSSR count). The van der Waals surface area contributed by atoms with Gasteiger partial charge in [0.25, 0.3) is 0 Å². The second-order valence-electron chi connectivity index (χ2n) is 17.4. The molecule has 0 radical (unpaired) electrons. The number of aliphatic hydroxyl groups is 2. The number of ketones is 2. The molecule has 3 N–H and O–H groups in total. The topological polar surface area (TPSA) is 184 Å². The van der Waals surface area contributed by atoms with Crippen LogP contribution in [0.15, 0.2) is 121 Å². The van der Waals surface area contributed by atoms with E-state index in [0.717, 1.165) is 16.7 Å². The number of phenols is 1. The molecule has 0 aromatic heterocycles. The number of phenolic OH excluding ortho intramolecular Hbond substituents is 1. The van der Waals surface area contributed by atoms with Gasteiger partial charge in [0.05, 0.1) is 12.2 Å². The first kappa shape index (κ1) is 56.1. The van der Waals surface area contributed by atoms with Gasteiger partial charge in [0.2, 0.25) is 0 Å². The smallest absolute Gasteiger partial charge is 0.342 e. The molecule has 70 heavy (non-hydrogen) atoms. The molecule has 0 spiro atoms. The SMILES string of the molecule is C.C.COCOc1ccc(-c2ccccc2)c2c1C(=O)O[C@@H](C)[C@H](C)/C=C\C(=O)[C@H]1OC(C)(C)O[C@H]1CC=C2.C[C@@H]1/C=C\C(=O)[C@@H](O)[C@@H](O)C/C=C/c2c(-c3ccccc3)ccc(O)c2C(=O)O[C@H]1C. The maximum absolute atomic E-state index is 13.6. The van der Waals surface area contributed by atoms with E-state index in [1.165, 1.54) is 31.4 Å². The zero-order chi connectivity index (χ0) is 49.1. The lowest BCUT2D eigenvalue weighted by Gasteiger charge is -2.22. The van der Waals surface area contributed by atoms with Gasteiger partial charge in [-0.2, -0.15) is 0 Å². The summed E-state index contributed by atoms with van der Waals surface area (Å²) in [6.45, 7) is 10.7. The lowest BCUT2D eigenvalue weighted by Crippen LogP contribution is -2.32. The zero-order valence-corrected chi connectivity index (χ0v) is 39.4. The largest absolute Gasteiger partial charge is 0.507 e. The van der Waals surface area contributed by atoms with Crippen LogP contribution in [0.1, 0.15) is 101 Å². The lowest BCUT2D eigenvalue weighted by atomic mass is 9.93. The number of ether oxygens (including phenoxy) is 6. The highest BCUT2D eigenvalue weighted by Gasteiger charge is 2.44. The molecule has 8 atom stereocenters. The van der Waals surface area contributed by atoms with Crippen molar-refractivity contribution in [2.45, 2.75) is 112 Å². The number of carbonyl (C=O) groups is 4. The summed E-state index contributed by atoms with van der Waals surface area (Å²) in [4.78, 5) is 51.8. The molecule has 13 heteroatoms. The summed E-state index contributed by atoms with van der Waals surface area (Å²) in [6, 6.07) is 26.0. The van der Waals surface area contributed by atoms with Crippen LogP contribution in [0.2, 0.25) is 0 Å². The van der Waals surface area contributed by atoms with Crippen LogP contribution in [0, 0.1) is 11.8 Å². The lowest BCUT2D eigenvalue weighted by molar-refractivity contribution is -0.152. The van der Waals surface area contributed by atoms with Gasteiger partial charge in [0.1, 0.15) is 47.0 Å². The highest BCUT2D eigenvalue weighted by atomic mass is 16.8. The van der Waals surface area contributed by atoms with Crippen molar-refractivity contribution in [3.63, 3.8) is 0 Å². The van der Waals surface area contributed by atoms with Gasteiger partial charge in [-0.3, -0.25) is 9.59 Å². The van der Waals surface area contributed by atoms with Crippen LogP contribution >= 0.6 is 0 Å². The predicted octanol–water partition coefficient (Wildman–Crippen LogP) is 10.4. The summed E-state index contributed by atoms with van der Waals surface area (Å²) < 4.78 is 34.4. The van der Waals surface area contributed by atoms with Crippen LogP contribution in [0.5, 0.6) is 11.5 Å². The highest BCUT2D eigenvalue weighted by molar-refractivity contribution is 6.01. The minimum Gasteiger partial charge on any atom is -0.507 e. The van der Waals surface area contributed by atoms with Crippen molar-refractivity contribution in [3.05, 3.63) is 144 Å². The summed E-state index contributed by atoms with van der Waals surface area (Å²) in [5.41, 5.74) is 4.72. The number of carbonyl (C=O) groups excluding carboxylic acids is 4. The van der Waals surface area contributed by atoms with E-state index in [1.807, 2.05) is 85.8 Å². The van der Waals surface area contributed by atoms with Crippen molar-refractivity contribution in [3.8, 4) is 33.8 Å². The Hall–Kier alpha value is -6.48. The molecule has 0 amide bonds. The van der Waals surface area contributed by atoms with E-state index in [0.29, 0.717) is 34.4 Å². The van der Waals surface area contributed by atoms with Gasteiger partial charge in [-0.25, -0.2) is 9.59 Å². The Kier molecular flexibility index (Phi) is 20.4. The maximum atomic E-state index is 13.6. The summed E-state index contributed by atoms with van der Waals surface area (Å²) in [7, 11) is 1.52. The number of benzene rings is 4. The van der Waals surface area contributed by atoms with Gasteiger partial charge < -0.3 is 43.7 Å². The van der Waals surface area contributed by atoms with Gasteiger partial charge >= 0.3 is 11.9 Å². The quantitative estimate of drug-likeness (QED) is 0.127. The van der Waals surface area contributed by atoms with E-state index in [1.54, 1.807) is 65.0 Å². The van der Waals surface area contributed by atoms with Gasteiger partial charge in [0.15, 0.2) is 24.1 Å². The Labute approximate surface area is 412 Å². The molecule has 1 fully saturated rings. The van der Waals surface area contributed by atoms with Crippen molar-refractivity contribution in [2.75, 3.05) is 13.9 Å². The Bertz CT molecular complexity index is 2540. The maximum Gasteiger partial charge on any atom is 0.342 e. The number of esters is 2. The Morgan fingerprint density at radius 2 is 1.13 bits per heavy atom. The third-order valence-corrected chi connectivity index (χ3v) is 12.0. The first-order valence-corrected chi connectivity index (χ1v) is 22.7. The van der Waals surface area contributed by atoms with Crippen LogP contribution in [-0.2, 0) is 33.3 Å². The third kappa shape index (κ3) is 13.9. The molecule has 374 valence electrons. The van der Waals surface area contributed by atoms with E-state index < -0.39 is 60.1 Å². The third-order valence-electron chi connectivity index (χ3n) is 12.0. The summed E-state index contributed by atoms with van der Waals surface area (Å²) in [6.07, 6.45) is 8.10. The van der Waals surface area contributed by atoms with Crippen molar-refractivity contribution in [2.24, 2.45) is 11.8 Å². The molecule has 0 aliphatic carbocycles. The number of hydrogen-bond donors (Lipinski definition) is 3. The average Bonchev–Trinajstić information content (AvgIpc) is 3.64. The fourth-order valence-electron chi connectivity index (χ4n) is 7.84. The fourth-order valence-corrected chi connectivity index (χ4v) is 7.84. The monoisotopic (exact) mass is 960 g/mol. The van der Waals surface area contributed by atoms with E-state index >= 15 is 0 Å². The van der Waals surface area contributed by atoms with Crippen LogP contribution < -0.4 is 4.74 Å². The van der Waals surface area contributed by atoms with E-state index in [2.05, 4.69) is 0 Å². The van der Waals surface area contributed by atoms with E-state index in [-0.39, 0.29) is 57.0 Å². The average molecular weight is 961 g/mol. The van der Waals surface area contributed by atoms with E-state index in [9.17, 15) is 34.5 Å². The highest BCUT2D eigenvalue weighted by Crippen LogP contribution is 2.38. The number of rotatable bonds is 5. The number of cyclic esters (lactones) is 2.